The van der Waals surface area contributed by atoms with Crippen LogP contribution in [0.2, 0.25) is 0 Å². The van der Waals surface area contributed by atoms with Crippen LogP contribution in [0, 0.1) is 0 Å². The highest BCUT2D eigenvalue weighted by molar-refractivity contribution is 7.99. The Labute approximate surface area is 171 Å². The van der Waals surface area contributed by atoms with Gasteiger partial charge in [-0.05, 0) is 56.2 Å². The summed E-state index contributed by atoms with van der Waals surface area (Å²) in [6.45, 7) is 4.32. The number of sulfonamides is 1. The van der Waals surface area contributed by atoms with Crippen molar-refractivity contribution in [2.24, 2.45) is 0 Å². The van der Waals surface area contributed by atoms with Crippen LogP contribution in [-0.4, -0.2) is 49.8 Å². The van der Waals surface area contributed by atoms with Gasteiger partial charge >= 0.3 is 0 Å². The zero-order chi connectivity index (χ0) is 19.8. The second-order valence-corrected chi connectivity index (χ2v) is 9.45. The number of hydrogen-bond donors (Lipinski definition) is 0. The third-order valence-electron chi connectivity index (χ3n) is 4.40. The van der Waals surface area contributed by atoms with Crippen LogP contribution in [0.5, 0.6) is 11.5 Å². The van der Waals surface area contributed by atoms with E-state index in [1.807, 2.05) is 31.2 Å². The van der Waals surface area contributed by atoms with E-state index in [9.17, 15) is 8.42 Å². The van der Waals surface area contributed by atoms with Gasteiger partial charge in [0.05, 0.1) is 18.2 Å². The van der Waals surface area contributed by atoms with E-state index in [0.29, 0.717) is 26.3 Å². The Hall–Kier alpha value is -1.77. The molecule has 0 saturated carbocycles. The Morgan fingerprint density at radius 3 is 2.29 bits per heavy atom. The topological polar surface area (TPSA) is 68.7 Å². The highest BCUT2D eigenvalue weighted by atomic mass is 32.2. The number of ether oxygens (including phenoxy) is 2. The van der Waals surface area contributed by atoms with Gasteiger partial charge in [0.15, 0.2) is 0 Å². The van der Waals surface area contributed by atoms with Gasteiger partial charge in [0.2, 0.25) is 10.0 Å². The molecule has 0 bridgehead atoms. The number of benzene rings is 1. The molecule has 3 rings (SSSR count). The molecule has 0 radical (unpaired) electrons. The molecular formula is C20H26N2O4S2. The Bertz CT molecular complexity index is 834. The minimum absolute atomic E-state index is 0.268. The number of pyridine rings is 1. The first-order valence-corrected chi connectivity index (χ1v) is 12.0. The molecule has 1 aromatic carbocycles. The van der Waals surface area contributed by atoms with E-state index in [1.165, 1.54) is 18.0 Å². The van der Waals surface area contributed by atoms with E-state index >= 15 is 0 Å². The van der Waals surface area contributed by atoms with Gasteiger partial charge in [0, 0.05) is 25.0 Å². The Morgan fingerprint density at radius 2 is 1.68 bits per heavy atom. The SMILES string of the molecule is CCOc1ccc(OCCSc2ccc(S(=O)(=O)N3CCCCC3)cn2)cc1. The zero-order valence-electron chi connectivity index (χ0n) is 16.0. The lowest BCUT2D eigenvalue weighted by molar-refractivity contribution is 0.332. The lowest BCUT2D eigenvalue weighted by atomic mass is 10.2. The van der Waals surface area contributed by atoms with Crippen molar-refractivity contribution < 1.29 is 17.9 Å². The fourth-order valence-corrected chi connectivity index (χ4v) is 5.09. The third-order valence-corrected chi connectivity index (χ3v) is 7.19. The maximum Gasteiger partial charge on any atom is 0.244 e. The summed E-state index contributed by atoms with van der Waals surface area (Å²) in [5.74, 6) is 2.34. The molecule has 0 aliphatic carbocycles. The van der Waals surface area contributed by atoms with Crippen LogP contribution in [0.3, 0.4) is 0 Å². The standard InChI is InChI=1S/C20H26N2O4S2/c1-2-25-17-6-8-18(9-7-17)26-14-15-27-20-11-10-19(16-21-20)28(23,24)22-12-4-3-5-13-22/h6-11,16H,2-5,12-15H2,1H3. The van der Waals surface area contributed by atoms with Crippen LogP contribution < -0.4 is 9.47 Å². The van der Waals surface area contributed by atoms with Gasteiger partial charge in [-0.3, -0.25) is 0 Å². The molecule has 0 atom stereocenters. The molecule has 0 unspecified atom stereocenters. The van der Waals surface area contributed by atoms with Crippen molar-refractivity contribution >= 4 is 21.8 Å². The summed E-state index contributed by atoms with van der Waals surface area (Å²) in [5, 5.41) is 0.785. The molecule has 1 fully saturated rings. The third kappa shape index (κ3) is 5.62. The fourth-order valence-electron chi connectivity index (χ4n) is 2.96. The second-order valence-electron chi connectivity index (χ2n) is 6.40. The van der Waals surface area contributed by atoms with E-state index < -0.39 is 10.0 Å². The largest absolute Gasteiger partial charge is 0.494 e. The Kier molecular flexibility index (Phi) is 7.58. The van der Waals surface area contributed by atoms with Crippen molar-refractivity contribution in [2.45, 2.75) is 36.1 Å². The summed E-state index contributed by atoms with van der Waals surface area (Å²) < 4.78 is 37.9. The van der Waals surface area contributed by atoms with Crippen molar-refractivity contribution in [1.82, 2.24) is 9.29 Å². The minimum atomic E-state index is -3.42. The molecule has 28 heavy (non-hydrogen) atoms. The number of aromatic nitrogens is 1. The van der Waals surface area contributed by atoms with Crippen LogP contribution in [0.1, 0.15) is 26.2 Å². The molecule has 6 nitrogen and oxygen atoms in total. The van der Waals surface area contributed by atoms with Gasteiger partial charge < -0.3 is 9.47 Å². The summed E-state index contributed by atoms with van der Waals surface area (Å²) >= 11 is 1.54. The van der Waals surface area contributed by atoms with Gasteiger partial charge in [0.25, 0.3) is 0 Å². The molecule has 2 heterocycles. The molecule has 1 aliphatic heterocycles. The average Bonchev–Trinajstić information content (AvgIpc) is 2.73. The summed E-state index contributed by atoms with van der Waals surface area (Å²) in [6.07, 6.45) is 4.40. The second kappa shape index (κ2) is 10.1. The summed E-state index contributed by atoms with van der Waals surface area (Å²) in [6, 6.07) is 10.9. The van der Waals surface area contributed by atoms with Gasteiger partial charge in [-0.1, -0.05) is 6.42 Å². The number of hydrogen-bond acceptors (Lipinski definition) is 6. The quantitative estimate of drug-likeness (QED) is 0.452. The van der Waals surface area contributed by atoms with Gasteiger partial charge in [-0.2, -0.15) is 4.31 Å². The zero-order valence-corrected chi connectivity index (χ0v) is 17.7. The van der Waals surface area contributed by atoms with Crippen LogP contribution in [-0.2, 0) is 10.0 Å². The molecule has 2 aromatic rings. The molecule has 0 spiro atoms. The molecule has 0 N–H and O–H groups in total. The number of piperidine rings is 1. The lowest BCUT2D eigenvalue weighted by Gasteiger charge is -2.25. The molecule has 152 valence electrons. The molecule has 8 heteroatoms. The van der Waals surface area contributed by atoms with Crippen LogP contribution in [0.4, 0.5) is 0 Å². The number of thioether (sulfide) groups is 1. The summed E-state index contributed by atoms with van der Waals surface area (Å²) in [7, 11) is -3.42. The van der Waals surface area contributed by atoms with Gasteiger partial charge in [-0.25, -0.2) is 13.4 Å². The normalized spacial score (nSPS) is 15.3. The van der Waals surface area contributed by atoms with Crippen LogP contribution >= 0.6 is 11.8 Å². The highest BCUT2D eigenvalue weighted by Crippen LogP contribution is 2.23. The predicted molar refractivity (Wildman–Crippen MR) is 111 cm³/mol. The molecule has 1 aromatic heterocycles. The highest BCUT2D eigenvalue weighted by Gasteiger charge is 2.26. The van der Waals surface area contributed by atoms with Crippen molar-refractivity contribution in [3.63, 3.8) is 0 Å². The molecule has 0 amide bonds. The van der Waals surface area contributed by atoms with Crippen LogP contribution in [0.25, 0.3) is 0 Å². The van der Waals surface area contributed by atoms with Gasteiger partial charge in [0.1, 0.15) is 16.4 Å². The first kappa shape index (κ1) is 21.0. The van der Waals surface area contributed by atoms with E-state index in [0.717, 1.165) is 41.5 Å². The van der Waals surface area contributed by atoms with Crippen molar-refractivity contribution in [3.8, 4) is 11.5 Å². The molecule has 1 aliphatic rings. The molecular weight excluding hydrogens is 396 g/mol. The smallest absolute Gasteiger partial charge is 0.244 e. The maximum atomic E-state index is 12.6. The lowest BCUT2D eigenvalue weighted by Crippen LogP contribution is -2.35. The summed E-state index contributed by atoms with van der Waals surface area (Å²) in [5.41, 5.74) is 0. The predicted octanol–water partition coefficient (Wildman–Crippen LogP) is 3.83. The number of nitrogens with zero attached hydrogens (tertiary/aromatic N) is 2. The molecule has 1 saturated heterocycles. The monoisotopic (exact) mass is 422 g/mol. The summed E-state index contributed by atoms with van der Waals surface area (Å²) in [4.78, 5) is 4.57. The van der Waals surface area contributed by atoms with Crippen molar-refractivity contribution in [2.75, 3.05) is 32.1 Å². The van der Waals surface area contributed by atoms with Gasteiger partial charge in [-0.15, -0.1) is 11.8 Å². The van der Waals surface area contributed by atoms with E-state index in [2.05, 4.69) is 4.98 Å². The van der Waals surface area contributed by atoms with Crippen LogP contribution in [0.15, 0.2) is 52.5 Å². The van der Waals surface area contributed by atoms with Crippen molar-refractivity contribution in [1.29, 1.82) is 0 Å². The Morgan fingerprint density at radius 1 is 1.00 bits per heavy atom. The first-order valence-electron chi connectivity index (χ1n) is 9.54. The minimum Gasteiger partial charge on any atom is -0.494 e. The Balaban J connectivity index is 1.46. The number of rotatable bonds is 9. The maximum absolute atomic E-state index is 12.6. The fraction of sp³-hybridized carbons (Fsp3) is 0.450. The average molecular weight is 423 g/mol. The first-order chi connectivity index (χ1) is 13.6. The van der Waals surface area contributed by atoms with E-state index in [-0.39, 0.29) is 4.90 Å². The van der Waals surface area contributed by atoms with E-state index in [4.69, 9.17) is 9.47 Å². The van der Waals surface area contributed by atoms with E-state index in [1.54, 1.807) is 16.4 Å². The van der Waals surface area contributed by atoms with Crippen molar-refractivity contribution in [3.05, 3.63) is 42.6 Å².